The topological polar surface area (TPSA) is 62.1 Å². The number of nitrogens with zero attached hydrogens (tertiary/aromatic N) is 2. The summed E-state index contributed by atoms with van der Waals surface area (Å²) in [6.45, 7) is 6.06. The summed E-state index contributed by atoms with van der Waals surface area (Å²) < 4.78 is 5.03. The van der Waals surface area contributed by atoms with Crippen molar-refractivity contribution in [3.05, 3.63) is 77.0 Å². The molecule has 0 amide bonds. The minimum atomic E-state index is -0.396. The van der Waals surface area contributed by atoms with Crippen molar-refractivity contribution in [2.24, 2.45) is 5.10 Å². The van der Waals surface area contributed by atoms with Gasteiger partial charge in [-0.3, -0.25) is 5.01 Å². The molecule has 146 valence electrons. The minimum Gasteiger partial charge on any atom is -0.508 e. The van der Waals surface area contributed by atoms with E-state index in [0.29, 0.717) is 18.7 Å². The summed E-state index contributed by atoms with van der Waals surface area (Å²) in [6, 6.07) is 15.4. The Labute approximate surface area is 166 Å². The first-order chi connectivity index (χ1) is 13.5. The maximum Gasteiger partial charge on any atom is 0.332 e. The molecule has 3 rings (SSSR count). The Morgan fingerprint density at radius 2 is 1.93 bits per heavy atom. The second-order valence-corrected chi connectivity index (χ2v) is 6.76. The maximum absolute atomic E-state index is 11.9. The third kappa shape index (κ3) is 4.25. The molecule has 0 radical (unpaired) electrons. The van der Waals surface area contributed by atoms with Gasteiger partial charge in [-0.05, 0) is 37.5 Å². The lowest BCUT2D eigenvalue weighted by Crippen LogP contribution is -2.19. The van der Waals surface area contributed by atoms with Crippen molar-refractivity contribution in [3.8, 4) is 5.75 Å². The van der Waals surface area contributed by atoms with Crippen molar-refractivity contribution in [1.29, 1.82) is 0 Å². The van der Waals surface area contributed by atoms with Gasteiger partial charge in [-0.2, -0.15) is 5.10 Å². The predicted octanol–water partition coefficient (Wildman–Crippen LogP) is 4.57. The number of benzene rings is 2. The molecule has 0 saturated heterocycles. The molecule has 1 atom stereocenters. The van der Waals surface area contributed by atoms with Crippen LogP contribution in [0.5, 0.6) is 5.75 Å². The van der Waals surface area contributed by atoms with Gasteiger partial charge in [0.1, 0.15) is 5.75 Å². The first-order valence-corrected chi connectivity index (χ1v) is 9.62. The largest absolute Gasteiger partial charge is 0.508 e. The molecule has 2 aromatic rings. The first-order valence-electron chi connectivity index (χ1n) is 9.62. The lowest BCUT2D eigenvalue weighted by atomic mass is 9.97. The van der Waals surface area contributed by atoms with Gasteiger partial charge in [0.25, 0.3) is 0 Å². The van der Waals surface area contributed by atoms with Crippen LogP contribution >= 0.6 is 0 Å². The molecule has 1 heterocycles. The molecule has 0 aromatic heterocycles. The van der Waals surface area contributed by atoms with Gasteiger partial charge in [0.05, 0.1) is 18.4 Å². The van der Waals surface area contributed by atoms with Crippen LogP contribution in [0.2, 0.25) is 0 Å². The summed E-state index contributed by atoms with van der Waals surface area (Å²) in [5.74, 6) is -0.175. The number of esters is 1. The second kappa shape index (κ2) is 8.74. The molecule has 5 nitrogen and oxygen atoms in total. The summed E-state index contributed by atoms with van der Waals surface area (Å²) in [4.78, 5) is 11.9. The van der Waals surface area contributed by atoms with Crippen molar-refractivity contribution < 1.29 is 14.6 Å². The summed E-state index contributed by atoms with van der Waals surface area (Å²) in [5.41, 5.74) is 4.70. The van der Waals surface area contributed by atoms with Crippen LogP contribution < -0.4 is 0 Å². The fourth-order valence-electron chi connectivity index (χ4n) is 3.37. The lowest BCUT2D eigenvalue weighted by Gasteiger charge is -2.24. The van der Waals surface area contributed by atoms with Gasteiger partial charge >= 0.3 is 5.97 Å². The fourth-order valence-corrected chi connectivity index (χ4v) is 3.37. The van der Waals surface area contributed by atoms with Crippen LogP contribution in [0, 0.1) is 0 Å². The van der Waals surface area contributed by atoms with Gasteiger partial charge in [-0.1, -0.05) is 49.4 Å². The van der Waals surface area contributed by atoms with Crippen molar-refractivity contribution in [1.82, 2.24) is 5.01 Å². The van der Waals surface area contributed by atoms with Crippen molar-refractivity contribution in [2.45, 2.75) is 39.7 Å². The van der Waals surface area contributed by atoms with E-state index in [1.54, 1.807) is 24.1 Å². The van der Waals surface area contributed by atoms with Gasteiger partial charge in [-0.15, -0.1) is 0 Å². The summed E-state index contributed by atoms with van der Waals surface area (Å²) >= 11 is 0. The van der Waals surface area contributed by atoms with E-state index >= 15 is 0 Å². The van der Waals surface area contributed by atoms with E-state index in [2.05, 4.69) is 31.2 Å². The highest BCUT2D eigenvalue weighted by molar-refractivity contribution is 6.02. The fraction of sp³-hybridized carbons (Fsp3) is 0.304. The Morgan fingerprint density at radius 1 is 1.21 bits per heavy atom. The van der Waals surface area contributed by atoms with Crippen molar-refractivity contribution >= 4 is 11.7 Å². The van der Waals surface area contributed by atoms with Crippen LogP contribution in [0.1, 0.15) is 49.9 Å². The number of aryl methyl sites for hydroxylation is 1. The molecule has 0 saturated carbocycles. The van der Waals surface area contributed by atoms with Crippen molar-refractivity contribution in [3.63, 3.8) is 0 Å². The number of allylic oxidation sites excluding steroid dienone is 1. The van der Waals surface area contributed by atoms with E-state index in [-0.39, 0.29) is 11.8 Å². The third-order valence-electron chi connectivity index (χ3n) is 4.88. The maximum atomic E-state index is 11.9. The number of aromatic hydroxyl groups is 1. The third-order valence-corrected chi connectivity index (χ3v) is 4.88. The van der Waals surface area contributed by atoms with Crippen LogP contribution in [0.4, 0.5) is 0 Å². The molecule has 0 aliphatic carbocycles. The molecule has 0 fully saturated rings. The summed E-state index contributed by atoms with van der Waals surface area (Å²) in [7, 11) is 0. The number of carbonyl (C=O) groups is 1. The van der Waals surface area contributed by atoms with Gasteiger partial charge in [0.15, 0.2) is 0 Å². The monoisotopic (exact) mass is 378 g/mol. The van der Waals surface area contributed by atoms with Crippen LogP contribution in [0.15, 0.2) is 65.4 Å². The zero-order valence-corrected chi connectivity index (χ0v) is 16.6. The second-order valence-electron chi connectivity index (χ2n) is 6.76. The summed E-state index contributed by atoms with van der Waals surface area (Å²) in [5, 5.41) is 17.0. The van der Waals surface area contributed by atoms with E-state index in [4.69, 9.17) is 9.84 Å². The Hall–Kier alpha value is -3.08. The number of phenols is 1. The minimum absolute atomic E-state index is 0.187. The average molecular weight is 378 g/mol. The Kier molecular flexibility index (Phi) is 6.14. The van der Waals surface area contributed by atoms with E-state index in [1.807, 2.05) is 19.1 Å². The average Bonchev–Trinajstić information content (AvgIpc) is 3.14. The summed E-state index contributed by atoms with van der Waals surface area (Å²) in [6.07, 6.45) is 3.07. The standard InChI is InChI=1S/C23H26N2O3/c1-4-17-10-12-18(13-11-17)20-15-21(19-8-6-7-9-22(19)26)25(24-20)16(3)14-23(27)28-5-2/h6-14,21,26H,4-5,15H2,1-3H3/b16-14+. The van der Waals surface area contributed by atoms with E-state index < -0.39 is 5.97 Å². The van der Waals surface area contributed by atoms with Crippen LogP contribution in [0.3, 0.4) is 0 Å². The van der Waals surface area contributed by atoms with Gasteiger partial charge < -0.3 is 9.84 Å². The number of carbonyl (C=O) groups excluding carboxylic acids is 1. The molecule has 28 heavy (non-hydrogen) atoms. The zero-order chi connectivity index (χ0) is 20.1. The van der Waals surface area contributed by atoms with E-state index in [9.17, 15) is 9.90 Å². The molecule has 1 aliphatic heterocycles. The molecule has 0 bridgehead atoms. The molecule has 1 aliphatic rings. The zero-order valence-electron chi connectivity index (χ0n) is 16.6. The number of para-hydroxylation sites is 1. The molecular formula is C23H26N2O3. The van der Waals surface area contributed by atoms with Gasteiger partial charge in [-0.25, -0.2) is 4.79 Å². The molecule has 1 N–H and O–H groups in total. The number of phenolic OH excluding ortho intramolecular Hbond substituents is 1. The molecule has 1 unspecified atom stereocenters. The highest BCUT2D eigenvalue weighted by Crippen LogP contribution is 2.39. The van der Waals surface area contributed by atoms with E-state index in [1.165, 1.54) is 11.6 Å². The smallest absolute Gasteiger partial charge is 0.332 e. The van der Waals surface area contributed by atoms with Crippen molar-refractivity contribution in [2.75, 3.05) is 6.61 Å². The number of hydrogen-bond acceptors (Lipinski definition) is 5. The Balaban J connectivity index is 1.97. The lowest BCUT2D eigenvalue weighted by molar-refractivity contribution is -0.137. The molecular weight excluding hydrogens is 352 g/mol. The van der Waals surface area contributed by atoms with Crippen LogP contribution in [0.25, 0.3) is 0 Å². The van der Waals surface area contributed by atoms with E-state index in [0.717, 1.165) is 23.3 Å². The number of hydrazone groups is 1. The highest BCUT2D eigenvalue weighted by atomic mass is 16.5. The molecule has 0 spiro atoms. The molecule has 2 aromatic carbocycles. The number of hydrogen-bond donors (Lipinski definition) is 1. The number of rotatable bonds is 6. The van der Waals surface area contributed by atoms with Gasteiger partial charge in [0.2, 0.25) is 0 Å². The van der Waals surface area contributed by atoms with Crippen LogP contribution in [-0.2, 0) is 16.0 Å². The normalized spacial score (nSPS) is 16.8. The Bertz CT molecular complexity index is 900. The van der Waals surface area contributed by atoms with Crippen LogP contribution in [-0.4, -0.2) is 28.4 Å². The highest BCUT2D eigenvalue weighted by Gasteiger charge is 2.31. The quantitative estimate of drug-likeness (QED) is 0.591. The number of ether oxygens (including phenoxy) is 1. The molecule has 5 heteroatoms. The first kappa shape index (κ1) is 19.7. The predicted molar refractivity (Wildman–Crippen MR) is 110 cm³/mol. The SMILES string of the molecule is CCOC(=O)/C=C(\C)N1N=C(c2ccc(CC)cc2)CC1c1ccccc1O. The van der Waals surface area contributed by atoms with Gasteiger partial charge in [0, 0.05) is 23.8 Å². The Morgan fingerprint density at radius 3 is 2.57 bits per heavy atom.